The average molecular weight is 379 g/mol. The van der Waals surface area contributed by atoms with Crippen molar-refractivity contribution >= 4 is 15.7 Å². The zero-order valence-electron chi connectivity index (χ0n) is 14.3. The van der Waals surface area contributed by atoms with Crippen LogP contribution in [-0.2, 0) is 9.84 Å². The molecule has 26 heavy (non-hydrogen) atoms. The lowest BCUT2D eigenvalue weighted by Crippen LogP contribution is -2.56. The maximum Gasteiger partial charge on any atom is 0.257 e. The first-order valence-corrected chi connectivity index (χ1v) is 9.42. The molecule has 0 bridgehead atoms. The maximum atomic E-state index is 13.0. The lowest BCUT2D eigenvalue weighted by molar-refractivity contribution is 0.0655. The van der Waals surface area contributed by atoms with Crippen LogP contribution >= 0.6 is 0 Å². The minimum absolute atomic E-state index is 0.0537. The number of rotatable bonds is 5. The van der Waals surface area contributed by atoms with Crippen molar-refractivity contribution in [1.82, 2.24) is 4.90 Å². The van der Waals surface area contributed by atoms with Gasteiger partial charge in [-0.1, -0.05) is 0 Å². The maximum absolute atomic E-state index is 13.0. The summed E-state index contributed by atoms with van der Waals surface area (Å²) < 4.78 is 48.4. The monoisotopic (exact) mass is 379 g/mol. The van der Waals surface area contributed by atoms with Crippen LogP contribution in [0.4, 0.5) is 4.39 Å². The summed E-state index contributed by atoms with van der Waals surface area (Å²) in [6.45, 7) is 0.154. The van der Waals surface area contributed by atoms with E-state index in [0.29, 0.717) is 17.1 Å². The molecule has 1 aliphatic heterocycles. The third kappa shape index (κ3) is 3.24. The molecule has 0 N–H and O–H groups in total. The number of hydrogen-bond acceptors (Lipinski definition) is 5. The number of sulfone groups is 1. The topological polar surface area (TPSA) is 72.9 Å². The van der Waals surface area contributed by atoms with Gasteiger partial charge >= 0.3 is 0 Å². The van der Waals surface area contributed by atoms with E-state index in [1.54, 1.807) is 18.2 Å². The zero-order valence-corrected chi connectivity index (χ0v) is 15.1. The van der Waals surface area contributed by atoms with Gasteiger partial charge in [-0.2, -0.15) is 0 Å². The number of halogens is 1. The smallest absolute Gasteiger partial charge is 0.257 e. The lowest BCUT2D eigenvalue weighted by Gasteiger charge is -2.38. The van der Waals surface area contributed by atoms with Gasteiger partial charge in [0, 0.05) is 19.2 Å². The number of nitrogens with zero attached hydrogens (tertiary/aromatic N) is 1. The van der Waals surface area contributed by atoms with Crippen LogP contribution in [0.2, 0.25) is 0 Å². The molecule has 1 saturated heterocycles. The Morgan fingerprint density at radius 1 is 1.08 bits per heavy atom. The Balaban J connectivity index is 1.73. The molecule has 0 spiro atoms. The van der Waals surface area contributed by atoms with E-state index in [4.69, 9.17) is 9.47 Å². The molecular formula is C18H18FNO5S. The van der Waals surface area contributed by atoms with E-state index < -0.39 is 20.9 Å². The Morgan fingerprint density at radius 2 is 1.73 bits per heavy atom. The molecule has 138 valence electrons. The summed E-state index contributed by atoms with van der Waals surface area (Å²) in [7, 11) is -0.647. The molecule has 0 aromatic heterocycles. The van der Waals surface area contributed by atoms with E-state index in [1.165, 1.54) is 31.3 Å². The first kappa shape index (κ1) is 18.2. The van der Waals surface area contributed by atoms with Gasteiger partial charge in [-0.05, 0) is 36.4 Å². The summed E-state index contributed by atoms with van der Waals surface area (Å²) in [6.07, 6.45) is 0. The SMILES string of the molecule is COc1ccc(C(=O)N2CC(S(=O)(=O)c3ccc(F)cc3)C2)c(OC)c1. The summed E-state index contributed by atoms with van der Waals surface area (Å²) in [6, 6.07) is 9.51. The van der Waals surface area contributed by atoms with Crippen LogP contribution in [0, 0.1) is 5.82 Å². The molecule has 2 aromatic carbocycles. The van der Waals surface area contributed by atoms with Crippen LogP contribution in [0.25, 0.3) is 0 Å². The van der Waals surface area contributed by atoms with Crippen molar-refractivity contribution < 1.29 is 27.1 Å². The molecule has 0 unspecified atom stereocenters. The van der Waals surface area contributed by atoms with Crippen molar-refractivity contribution in [2.24, 2.45) is 0 Å². The highest BCUT2D eigenvalue weighted by Crippen LogP contribution is 2.29. The second-order valence-corrected chi connectivity index (χ2v) is 8.13. The fraction of sp³-hybridized carbons (Fsp3) is 0.278. The molecule has 1 aliphatic rings. The summed E-state index contributed by atoms with van der Waals surface area (Å²) in [5.41, 5.74) is 0.339. The first-order valence-electron chi connectivity index (χ1n) is 7.87. The summed E-state index contributed by atoms with van der Waals surface area (Å²) in [4.78, 5) is 14.1. The van der Waals surface area contributed by atoms with Crippen LogP contribution in [-0.4, -0.2) is 51.8 Å². The Kier molecular flexibility index (Phi) is 4.86. The summed E-state index contributed by atoms with van der Waals surface area (Å²) in [5, 5.41) is -0.707. The van der Waals surface area contributed by atoms with Crippen molar-refractivity contribution in [1.29, 1.82) is 0 Å². The van der Waals surface area contributed by atoms with E-state index in [9.17, 15) is 17.6 Å². The molecule has 8 heteroatoms. The Morgan fingerprint density at radius 3 is 2.31 bits per heavy atom. The quantitative estimate of drug-likeness (QED) is 0.745. The van der Waals surface area contributed by atoms with Crippen LogP contribution in [0.3, 0.4) is 0 Å². The van der Waals surface area contributed by atoms with E-state index in [2.05, 4.69) is 0 Å². The molecular weight excluding hydrogens is 361 g/mol. The summed E-state index contributed by atoms with van der Waals surface area (Å²) >= 11 is 0. The van der Waals surface area contributed by atoms with E-state index >= 15 is 0 Å². The van der Waals surface area contributed by atoms with E-state index in [0.717, 1.165) is 12.1 Å². The van der Waals surface area contributed by atoms with Crippen LogP contribution in [0.5, 0.6) is 11.5 Å². The molecule has 0 atom stereocenters. The number of carbonyl (C=O) groups is 1. The van der Waals surface area contributed by atoms with Crippen molar-refractivity contribution in [2.75, 3.05) is 27.3 Å². The van der Waals surface area contributed by atoms with Gasteiger partial charge in [0.25, 0.3) is 5.91 Å². The standard InChI is InChI=1S/C18H18FNO5S/c1-24-13-5-8-16(17(9-13)25-2)18(21)20-10-15(11-20)26(22,23)14-6-3-12(19)4-7-14/h3-9,15H,10-11H2,1-2H3. The Bertz CT molecular complexity index is 921. The first-order chi connectivity index (χ1) is 12.4. The number of hydrogen-bond donors (Lipinski definition) is 0. The fourth-order valence-corrected chi connectivity index (χ4v) is 4.42. The highest BCUT2D eigenvalue weighted by atomic mass is 32.2. The number of benzene rings is 2. The van der Waals surface area contributed by atoms with Crippen LogP contribution in [0.15, 0.2) is 47.4 Å². The normalized spacial score (nSPS) is 14.7. The molecule has 3 rings (SSSR count). The zero-order chi connectivity index (χ0) is 18.9. The van der Waals surface area contributed by atoms with Gasteiger partial charge in [0.1, 0.15) is 22.6 Å². The molecule has 6 nitrogen and oxygen atoms in total. The largest absolute Gasteiger partial charge is 0.497 e. The number of likely N-dealkylation sites (tertiary alicyclic amines) is 1. The van der Waals surface area contributed by atoms with Crippen molar-refractivity contribution in [2.45, 2.75) is 10.1 Å². The predicted molar refractivity (Wildman–Crippen MR) is 92.8 cm³/mol. The number of amides is 1. The number of ether oxygens (including phenoxy) is 2. The fourth-order valence-electron chi connectivity index (χ4n) is 2.76. The van der Waals surface area contributed by atoms with E-state index in [1.807, 2.05) is 0 Å². The van der Waals surface area contributed by atoms with Crippen LogP contribution < -0.4 is 9.47 Å². The minimum Gasteiger partial charge on any atom is -0.497 e. The van der Waals surface area contributed by atoms with Crippen molar-refractivity contribution in [3.8, 4) is 11.5 Å². The second-order valence-electron chi connectivity index (χ2n) is 5.90. The average Bonchev–Trinajstić information content (AvgIpc) is 2.59. The van der Waals surface area contributed by atoms with Gasteiger partial charge in [0.2, 0.25) is 0 Å². The Hall–Kier alpha value is -2.61. The molecule has 1 amide bonds. The second kappa shape index (κ2) is 6.95. The Labute approximate surface area is 151 Å². The van der Waals surface area contributed by atoms with Gasteiger partial charge in [-0.25, -0.2) is 12.8 Å². The third-order valence-corrected chi connectivity index (χ3v) is 6.46. The number of methoxy groups -OCH3 is 2. The molecule has 0 aliphatic carbocycles. The van der Waals surface area contributed by atoms with Gasteiger partial charge < -0.3 is 14.4 Å². The van der Waals surface area contributed by atoms with E-state index in [-0.39, 0.29) is 23.9 Å². The molecule has 2 aromatic rings. The highest BCUT2D eigenvalue weighted by Gasteiger charge is 2.41. The lowest BCUT2D eigenvalue weighted by atomic mass is 10.1. The number of carbonyl (C=O) groups excluding carboxylic acids is 1. The van der Waals surface area contributed by atoms with Crippen LogP contribution in [0.1, 0.15) is 10.4 Å². The van der Waals surface area contributed by atoms with Crippen molar-refractivity contribution in [3.05, 3.63) is 53.8 Å². The molecule has 0 saturated carbocycles. The van der Waals surface area contributed by atoms with Gasteiger partial charge in [-0.15, -0.1) is 0 Å². The minimum atomic E-state index is -3.61. The van der Waals surface area contributed by atoms with Gasteiger partial charge in [0.05, 0.1) is 24.7 Å². The molecule has 0 radical (unpaired) electrons. The molecule has 1 heterocycles. The van der Waals surface area contributed by atoms with Gasteiger partial charge in [-0.3, -0.25) is 4.79 Å². The predicted octanol–water partition coefficient (Wildman–Crippen LogP) is 2.14. The summed E-state index contributed by atoms with van der Waals surface area (Å²) in [5.74, 6) is 0.106. The third-order valence-electron chi connectivity index (χ3n) is 4.36. The highest BCUT2D eigenvalue weighted by molar-refractivity contribution is 7.92. The van der Waals surface area contributed by atoms with Gasteiger partial charge in [0.15, 0.2) is 9.84 Å². The molecule has 1 fully saturated rings. The van der Waals surface area contributed by atoms with Crippen molar-refractivity contribution in [3.63, 3.8) is 0 Å².